The van der Waals surface area contributed by atoms with Crippen LogP contribution in [0.1, 0.15) is 6.42 Å². The maximum atomic E-state index is 10.4. The van der Waals surface area contributed by atoms with Gasteiger partial charge in [0.1, 0.15) is 0 Å². The zero-order chi connectivity index (χ0) is 7.98. The first kappa shape index (κ1) is 13.3. The van der Waals surface area contributed by atoms with Crippen molar-refractivity contribution in [1.82, 2.24) is 5.32 Å². The van der Waals surface area contributed by atoms with Crippen LogP contribution in [0.2, 0.25) is 0 Å². The monoisotopic (exact) mass is 165 g/mol. The first-order chi connectivity index (χ1) is 4.66. The molecule has 1 N–H and O–H groups in total. The van der Waals surface area contributed by atoms with E-state index in [1.54, 1.807) is 0 Å². The molecule has 0 unspecified atom stereocenters. The van der Waals surface area contributed by atoms with Crippen LogP contribution in [-0.4, -0.2) is 18.4 Å². The van der Waals surface area contributed by atoms with Crippen LogP contribution in [0.15, 0.2) is 12.7 Å². The third-order valence-electron chi connectivity index (χ3n) is 0.814. The van der Waals surface area contributed by atoms with Crippen molar-refractivity contribution in [1.29, 1.82) is 0 Å². The summed E-state index contributed by atoms with van der Waals surface area (Å²) in [4.78, 5) is 20.1. The smallest absolute Gasteiger partial charge is 0.550 e. The van der Waals surface area contributed by atoms with Gasteiger partial charge in [0.2, 0.25) is 5.91 Å². The van der Waals surface area contributed by atoms with Crippen molar-refractivity contribution in [3.05, 3.63) is 12.7 Å². The van der Waals surface area contributed by atoms with Crippen molar-refractivity contribution in [3.63, 3.8) is 0 Å². The molecule has 0 radical (unpaired) electrons. The Kier molecular flexibility index (Phi) is 9.40. The first-order valence-electron chi connectivity index (χ1n) is 2.77. The van der Waals surface area contributed by atoms with Gasteiger partial charge in [-0.2, -0.15) is 0 Å². The van der Waals surface area contributed by atoms with Crippen LogP contribution < -0.4 is 40.0 Å². The van der Waals surface area contributed by atoms with Gasteiger partial charge in [-0.3, -0.25) is 4.79 Å². The molecule has 0 aliphatic carbocycles. The topological polar surface area (TPSA) is 69.2 Å². The number of carbonyl (C=O) groups excluding carboxylic acids is 2. The number of nitrogens with one attached hydrogen (secondary N) is 1. The van der Waals surface area contributed by atoms with E-state index in [2.05, 4.69) is 11.9 Å². The van der Waals surface area contributed by atoms with Crippen LogP contribution in [0.3, 0.4) is 0 Å². The van der Waals surface area contributed by atoms with Gasteiger partial charge in [0.15, 0.2) is 0 Å². The summed E-state index contributed by atoms with van der Waals surface area (Å²) in [5, 5.41) is 12.1. The molecule has 0 rings (SSSR count). The Balaban J connectivity index is 0. The molecule has 0 heterocycles. The number of carbonyl (C=O) groups is 2. The van der Waals surface area contributed by atoms with Gasteiger partial charge in [-0.25, -0.2) is 0 Å². The predicted molar refractivity (Wildman–Crippen MR) is 32.8 cm³/mol. The van der Waals surface area contributed by atoms with Crippen LogP contribution >= 0.6 is 0 Å². The molecule has 11 heavy (non-hydrogen) atoms. The second-order valence-electron chi connectivity index (χ2n) is 1.62. The molecular weight excluding hydrogens is 157 g/mol. The minimum atomic E-state index is -1.18. The van der Waals surface area contributed by atoms with Crippen molar-refractivity contribution in [3.8, 4) is 0 Å². The van der Waals surface area contributed by atoms with E-state index in [1.165, 1.54) is 0 Å². The van der Waals surface area contributed by atoms with E-state index in [4.69, 9.17) is 0 Å². The van der Waals surface area contributed by atoms with E-state index in [-0.39, 0.29) is 48.4 Å². The van der Waals surface area contributed by atoms with Gasteiger partial charge in [-0.15, -0.1) is 0 Å². The Morgan fingerprint density at radius 2 is 2.09 bits per heavy atom. The fourth-order valence-electron chi connectivity index (χ4n) is 0.360. The van der Waals surface area contributed by atoms with Crippen molar-refractivity contribution in [2.45, 2.75) is 6.42 Å². The summed E-state index contributed by atoms with van der Waals surface area (Å²) in [6.07, 6.45) is 0.912. The Hall–Kier alpha value is -0.320. The molecule has 0 saturated heterocycles. The SMILES string of the molecule is C=CC(=O)NCCC(=O)[O-].[Na+]. The number of carboxylic acids is 1. The number of aliphatic carboxylic acids is 1. The number of amides is 1. The first-order valence-corrected chi connectivity index (χ1v) is 2.77. The molecule has 1 amide bonds. The van der Waals surface area contributed by atoms with E-state index >= 15 is 0 Å². The Morgan fingerprint density at radius 1 is 1.55 bits per heavy atom. The molecule has 0 bridgehead atoms. The summed E-state index contributed by atoms with van der Waals surface area (Å²) in [5.74, 6) is -1.55. The molecule has 5 heteroatoms. The molecule has 0 aromatic heterocycles. The molecule has 0 aliphatic rings. The molecule has 0 aromatic carbocycles. The van der Waals surface area contributed by atoms with E-state index < -0.39 is 5.97 Å². The second-order valence-corrected chi connectivity index (χ2v) is 1.62. The van der Waals surface area contributed by atoms with Crippen LogP contribution in [-0.2, 0) is 9.59 Å². The molecule has 0 aromatic rings. The van der Waals surface area contributed by atoms with Gasteiger partial charge in [-0.05, 0) is 6.08 Å². The quantitative estimate of drug-likeness (QED) is 0.337. The van der Waals surface area contributed by atoms with Gasteiger partial charge in [0.05, 0.1) is 0 Å². The van der Waals surface area contributed by atoms with Crippen molar-refractivity contribution in [2.24, 2.45) is 0 Å². The van der Waals surface area contributed by atoms with E-state index in [0.717, 1.165) is 6.08 Å². The zero-order valence-electron chi connectivity index (χ0n) is 6.42. The van der Waals surface area contributed by atoms with Crippen LogP contribution in [0.5, 0.6) is 0 Å². The summed E-state index contributed by atoms with van der Waals surface area (Å²) in [6, 6.07) is 0. The van der Waals surface area contributed by atoms with Crippen molar-refractivity contribution >= 4 is 11.9 Å². The Bertz CT molecular complexity index is 158. The number of hydrogen-bond donors (Lipinski definition) is 1. The van der Waals surface area contributed by atoms with Crippen LogP contribution in [0.25, 0.3) is 0 Å². The molecule has 4 nitrogen and oxygen atoms in total. The maximum Gasteiger partial charge on any atom is 1.00 e. The third kappa shape index (κ3) is 9.68. The summed E-state index contributed by atoms with van der Waals surface area (Å²) < 4.78 is 0. The predicted octanol–water partition coefficient (Wildman–Crippen LogP) is -4.57. The zero-order valence-corrected chi connectivity index (χ0v) is 8.42. The van der Waals surface area contributed by atoms with Gasteiger partial charge in [0.25, 0.3) is 0 Å². The van der Waals surface area contributed by atoms with E-state index in [9.17, 15) is 14.7 Å². The van der Waals surface area contributed by atoms with E-state index in [0.29, 0.717) is 0 Å². The number of carboxylic acid groups (broad SMARTS) is 1. The van der Waals surface area contributed by atoms with Gasteiger partial charge < -0.3 is 15.2 Å². The number of rotatable bonds is 4. The molecule has 0 saturated carbocycles. The van der Waals surface area contributed by atoms with Gasteiger partial charge in [-0.1, -0.05) is 6.58 Å². The normalized spacial score (nSPS) is 7.64. The Morgan fingerprint density at radius 3 is 2.45 bits per heavy atom. The van der Waals surface area contributed by atoms with Gasteiger partial charge in [0, 0.05) is 18.9 Å². The second kappa shape index (κ2) is 7.78. The molecule has 0 aliphatic heterocycles. The molecule has 0 atom stereocenters. The third-order valence-corrected chi connectivity index (χ3v) is 0.814. The average molecular weight is 165 g/mol. The summed E-state index contributed by atoms with van der Waals surface area (Å²) in [7, 11) is 0. The standard InChI is InChI=1S/C6H9NO3.Na/c1-2-5(8)7-4-3-6(9)10;/h2H,1,3-4H2,(H,7,8)(H,9,10);/q;+1/p-1. The number of hydrogen-bond acceptors (Lipinski definition) is 3. The molecular formula is C6H8NNaO3. The minimum absolute atomic E-state index is 0. The van der Waals surface area contributed by atoms with Crippen molar-refractivity contribution < 1.29 is 44.3 Å². The molecule has 0 fully saturated rings. The molecule has 56 valence electrons. The summed E-state index contributed by atoms with van der Waals surface area (Å²) in [5.41, 5.74) is 0. The molecule has 0 spiro atoms. The Labute approximate surface area is 87.0 Å². The fraction of sp³-hybridized carbons (Fsp3) is 0.333. The minimum Gasteiger partial charge on any atom is -0.550 e. The van der Waals surface area contributed by atoms with Crippen LogP contribution in [0.4, 0.5) is 0 Å². The van der Waals surface area contributed by atoms with Gasteiger partial charge >= 0.3 is 29.6 Å². The maximum absolute atomic E-state index is 10.4. The van der Waals surface area contributed by atoms with Crippen LogP contribution in [0, 0.1) is 0 Å². The fourth-order valence-corrected chi connectivity index (χ4v) is 0.360. The van der Waals surface area contributed by atoms with Crippen molar-refractivity contribution in [2.75, 3.05) is 6.54 Å². The largest absolute Gasteiger partial charge is 1.00 e. The summed E-state index contributed by atoms with van der Waals surface area (Å²) >= 11 is 0. The van der Waals surface area contributed by atoms with E-state index in [1.807, 2.05) is 0 Å². The average Bonchev–Trinajstić information content (AvgIpc) is 1.87. The summed E-state index contributed by atoms with van der Waals surface area (Å²) in [6.45, 7) is 3.27.